The van der Waals surface area contributed by atoms with Crippen molar-refractivity contribution in [3.05, 3.63) is 60.0 Å². The Kier molecular flexibility index (Phi) is 4.88. The third kappa shape index (κ3) is 3.83. The van der Waals surface area contributed by atoms with E-state index in [9.17, 15) is 9.59 Å². The summed E-state index contributed by atoms with van der Waals surface area (Å²) in [6.45, 7) is 3.45. The molecule has 1 atom stereocenters. The zero-order chi connectivity index (χ0) is 18.7. The summed E-state index contributed by atoms with van der Waals surface area (Å²) in [5.41, 5.74) is 2.42. The van der Waals surface area contributed by atoms with Crippen LogP contribution in [0.4, 0.5) is 5.69 Å². The van der Waals surface area contributed by atoms with Crippen LogP contribution >= 0.6 is 0 Å². The van der Waals surface area contributed by atoms with Crippen LogP contribution in [-0.2, 0) is 9.53 Å². The first kappa shape index (κ1) is 17.5. The van der Waals surface area contributed by atoms with Crippen LogP contribution in [0.2, 0.25) is 0 Å². The lowest BCUT2D eigenvalue weighted by molar-refractivity contribution is -0.123. The van der Waals surface area contributed by atoms with E-state index in [0.717, 1.165) is 5.56 Å². The molecule has 0 saturated carbocycles. The van der Waals surface area contributed by atoms with Gasteiger partial charge in [-0.2, -0.15) is 0 Å². The first-order valence-electron chi connectivity index (χ1n) is 8.07. The molecule has 0 bridgehead atoms. The minimum Gasteiger partial charge on any atom is -0.497 e. The average Bonchev–Trinajstić information content (AvgIpc) is 3.05. The van der Waals surface area contributed by atoms with E-state index < -0.39 is 18.0 Å². The highest BCUT2D eigenvalue weighted by molar-refractivity contribution is 5.97. The van der Waals surface area contributed by atoms with Crippen molar-refractivity contribution in [3.63, 3.8) is 0 Å². The lowest BCUT2D eigenvalue weighted by Crippen LogP contribution is -2.30. The molecule has 3 aromatic rings. The minimum atomic E-state index is -0.962. The molecule has 0 radical (unpaired) electrons. The predicted octanol–water partition coefficient (Wildman–Crippen LogP) is 2.84. The number of carbonyl (C=O) groups is 2. The summed E-state index contributed by atoms with van der Waals surface area (Å²) in [6, 6.07) is 10.6. The Morgan fingerprint density at radius 3 is 2.62 bits per heavy atom. The molecule has 0 aliphatic rings. The summed E-state index contributed by atoms with van der Waals surface area (Å²) in [5.74, 6) is -0.392. The fourth-order valence-electron chi connectivity index (χ4n) is 2.37. The Morgan fingerprint density at radius 2 is 1.92 bits per heavy atom. The Bertz CT molecular complexity index is 947. The maximum Gasteiger partial charge on any atom is 0.359 e. The average molecular weight is 353 g/mol. The summed E-state index contributed by atoms with van der Waals surface area (Å²) in [7, 11) is 1.57. The number of esters is 1. The van der Waals surface area contributed by atoms with Crippen LogP contribution in [0.5, 0.6) is 5.75 Å². The van der Waals surface area contributed by atoms with Crippen molar-refractivity contribution in [1.82, 2.24) is 9.38 Å². The molecule has 1 amide bonds. The monoisotopic (exact) mass is 353 g/mol. The Balaban J connectivity index is 1.64. The minimum absolute atomic E-state index is 0.152. The number of ether oxygens (including phenoxy) is 2. The second-order valence-electron chi connectivity index (χ2n) is 5.86. The lowest BCUT2D eigenvalue weighted by Gasteiger charge is -2.13. The number of pyridine rings is 1. The van der Waals surface area contributed by atoms with Crippen LogP contribution in [0.3, 0.4) is 0 Å². The van der Waals surface area contributed by atoms with Gasteiger partial charge in [-0.15, -0.1) is 0 Å². The van der Waals surface area contributed by atoms with Crippen molar-refractivity contribution in [1.29, 1.82) is 0 Å². The number of imidazole rings is 1. The van der Waals surface area contributed by atoms with Gasteiger partial charge in [-0.25, -0.2) is 9.78 Å². The predicted molar refractivity (Wildman–Crippen MR) is 96.4 cm³/mol. The molecule has 2 heterocycles. The Labute approximate surface area is 150 Å². The number of aromatic nitrogens is 2. The maximum atomic E-state index is 12.3. The van der Waals surface area contributed by atoms with Gasteiger partial charge in [0.25, 0.3) is 5.91 Å². The summed E-state index contributed by atoms with van der Waals surface area (Å²) >= 11 is 0. The molecule has 0 unspecified atom stereocenters. The molecule has 0 aliphatic carbocycles. The number of carbonyl (C=O) groups excluding carboxylic acids is 2. The lowest BCUT2D eigenvalue weighted by atomic mass is 10.3. The topological polar surface area (TPSA) is 81.9 Å². The van der Waals surface area contributed by atoms with Gasteiger partial charge in [-0.1, -0.05) is 0 Å². The normalized spacial score (nSPS) is 11.8. The maximum absolute atomic E-state index is 12.3. The van der Waals surface area contributed by atoms with Gasteiger partial charge in [0.1, 0.15) is 11.4 Å². The fraction of sp³-hybridized carbons (Fsp3) is 0.211. The molecule has 1 N–H and O–H groups in total. The van der Waals surface area contributed by atoms with E-state index in [0.29, 0.717) is 17.1 Å². The van der Waals surface area contributed by atoms with E-state index in [1.54, 1.807) is 42.0 Å². The highest BCUT2D eigenvalue weighted by Gasteiger charge is 2.21. The number of nitrogens with zero attached hydrogens (tertiary/aromatic N) is 2. The van der Waals surface area contributed by atoms with Gasteiger partial charge < -0.3 is 19.2 Å². The van der Waals surface area contributed by atoms with Crippen LogP contribution in [0.25, 0.3) is 5.65 Å². The quantitative estimate of drug-likeness (QED) is 0.713. The van der Waals surface area contributed by atoms with Crippen LogP contribution in [0, 0.1) is 6.92 Å². The number of nitrogens with one attached hydrogen (secondary N) is 1. The van der Waals surface area contributed by atoms with E-state index in [1.165, 1.54) is 6.92 Å². The third-order valence-electron chi connectivity index (χ3n) is 3.84. The fourth-order valence-corrected chi connectivity index (χ4v) is 2.37. The first-order chi connectivity index (χ1) is 12.5. The molecule has 7 heteroatoms. The van der Waals surface area contributed by atoms with Gasteiger partial charge in [0.2, 0.25) is 0 Å². The van der Waals surface area contributed by atoms with Crippen molar-refractivity contribution in [3.8, 4) is 5.75 Å². The first-order valence-corrected chi connectivity index (χ1v) is 8.07. The van der Waals surface area contributed by atoms with Gasteiger partial charge in [-0.05, 0) is 55.8 Å². The van der Waals surface area contributed by atoms with Crippen molar-refractivity contribution in [2.75, 3.05) is 12.4 Å². The van der Waals surface area contributed by atoms with E-state index in [4.69, 9.17) is 9.47 Å². The van der Waals surface area contributed by atoms with Gasteiger partial charge in [-0.3, -0.25) is 4.79 Å². The van der Waals surface area contributed by atoms with E-state index in [-0.39, 0.29) is 5.69 Å². The third-order valence-corrected chi connectivity index (χ3v) is 3.84. The van der Waals surface area contributed by atoms with Gasteiger partial charge in [0, 0.05) is 18.1 Å². The van der Waals surface area contributed by atoms with Gasteiger partial charge >= 0.3 is 5.97 Å². The highest BCUT2D eigenvalue weighted by atomic mass is 16.5. The molecule has 2 aromatic heterocycles. The van der Waals surface area contributed by atoms with Crippen molar-refractivity contribution < 1.29 is 19.1 Å². The molecular weight excluding hydrogens is 334 g/mol. The second-order valence-corrected chi connectivity index (χ2v) is 5.86. The molecular formula is C19H19N3O4. The zero-order valence-electron chi connectivity index (χ0n) is 14.7. The van der Waals surface area contributed by atoms with Crippen LogP contribution in [0.15, 0.2) is 48.8 Å². The summed E-state index contributed by atoms with van der Waals surface area (Å²) < 4.78 is 12.0. The molecule has 3 rings (SSSR count). The summed E-state index contributed by atoms with van der Waals surface area (Å²) in [4.78, 5) is 28.7. The van der Waals surface area contributed by atoms with Crippen molar-refractivity contribution >= 4 is 23.2 Å². The molecule has 0 aliphatic heterocycles. The summed E-state index contributed by atoms with van der Waals surface area (Å²) in [6.07, 6.45) is 2.43. The molecule has 1 aromatic carbocycles. The zero-order valence-corrected chi connectivity index (χ0v) is 14.7. The van der Waals surface area contributed by atoms with Crippen LogP contribution < -0.4 is 10.1 Å². The van der Waals surface area contributed by atoms with Crippen molar-refractivity contribution in [2.24, 2.45) is 0 Å². The standard InChI is InChI=1S/C19H19N3O4/c1-12-8-9-22-11-16(21-17(22)10-12)19(24)26-13(2)18(23)20-14-4-6-15(25-3)7-5-14/h4-11,13H,1-3H3,(H,20,23)/t13-/m1/s1. The molecule has 0 fully saturated rings. The number of methoxy groups -OCH3 is 1. The molecule has 26 heavy (non-hydrogen) atoms. The smallest absolute Gasteiger partial charge is 0.359 e. The van der Waals surface area contributed by atoms with Gasteiger partial charge in [0.05, 0.1) is 7.11 Å². The number of amides is 1. The SMILES string of the molecule is COc1ccc(NC(=O)[C@@H](C)OC(=O)c2cn3ccc(C)cc3n2)cc1. The van der Waals surface area contributed by atoms with E-state index in [2.05, 4.69) is 10.3 Å². The number of rotatable bonds is 5. The number of aryl methyl sites for hydroxylation is 1. The number of hydrogen-bond donors (Lipinski definition) is 1. The summed E-state index contributed by atoms with van der Waals surface area (Å²) in [5, 5.41) is 2.69. The highest BCUT2D eigenvalue weighted by Crippen LogP contribution is 2.16. The molecule has 134 valence electrons. The van der Waals surface area contributed by atoms with E-state index in [1.807, 2.05) is 25.3 Å². The number of anilines is 1. The number of fused-ring (bicyclic) bond motifs is 1. The number of benzene rings is 1. The molecule has 7 nitrogen and oxygen atoms in total. The Morgan fingerprint density at radius 1 is 1.19 bits per heavy atom. The Hall–Kier alpha value is -3.35. The molecule has 0 spiro atoms. The number of hydrogen-bond acceptors (Lipinski definition) is 5. The molecule has 0 saturated heterocycles. The van der Waals surface area contributed by atoms with Crippen LogP contribution in [0.1, 0.15) is 23.0 Å². The largest absolute Gasteiger partial charge is 0.497 e. The second kappa shape index (κ2) is 7.26. The van der Waals surface area contributed by atoms with Crippen molar-refractivity contribution in [2.45, 2.75) is 20.0 Å². The van der Waals surface area contributed by atoms with Gasteiger partial charge in [0.15, 0.2) is 11.8 Å². The van der Waals surface area contributed by atoms with Crippen LogP contribution in [-0.4, -0.2) is 34.5 Å². The van der Waals surface area contributed by atoms with E-state index >= 15 is 0 Å².